The van der Waals surface area contributed by atoms with Crippen molar-refractivity contribution >= 4 is 50.7 Å². The minimum atomic E-state index is -0.903. The van der Waals surface area contributed by atoms with Crippen molar-refractivity contribution in [2.75, 3.05) is 0 Å². The molecule has 1 N–H and O–H groups in total. The molecule has 2 aromatic carbocycles. The zero-order valence-electron chi connectivity index (χ0n) is 16.5. The number of hydrogen-bond donors (Lipinski definition) is 1. The summed E-state index contributed by atoms with van der Waals surface area (Å²) in [6, 6.07) is 13.6. The predicted octanol–water partition coefficient (Wildman–Crippen LogP) is 3.23. The van der Waals surface area contributed by atoms with E-state index in [2.05, 4.69) is 14.8 Å². The van der Waals surface area contributed by atoms with E-state index < -0.39 is 17.7 Å². The number of aliphatic imine (C=N–C) groups is 1. The molecule has 3 aromatic rings. The van der Waals surface area contributed by atoms with Gasteiger partial charge in [-0.05, 0) is 49.1 Å². The number of fused-ring (bicyclic) bond motifs is 1. The van der Waals surface area contributed by atoms with Gasteiger partial charge in [0.25, 0.3) is 17.7 Å². The summed E-state index contributed by atoms with van der Waals surface area (Å²) >= 11 is 1.24. The van der Waals surface area contributed by atoms with Gasteiger partial charge >= 0.3 is 0 Å². The third-order valence-electron chi connectivity index (χ3n) is 4.87. The van der Waals surface area contributed by atoms with E-state index in [1.165, 1.54) is 18.5 Å². The van der Waals surface area contributed by atoms with Crippen LogP contribution in [-0.2, 0) is 9.59 Å². The highest BCUT2D eigenvalue weighted by Crippen LogP contribution is 2.33. The highest BCUT2D eigenvalue weighted by atomic mass is 32.1. The fraction of sp³-hybridized carbons (Fsp3) is 0.0909. The zero-order valence-corrected chi connectivity index (χ0v) is 17.4. The standard InChI is InChI=1S/C22H15N5O3S/c1-12-8-9-17(19-16(12)11-24-31-19)25-18-13(2)15(10-23)21(29)27(22(18)30)26-20(28)14-6-4-3-5-7-14/h3-9,11H,1-2H3,(H,26,28). The maximum atomic E-state index is 13.1. The van der Waals surface area contributed by atoms with Crippen LogP contribution in [0.3, 0.4) is 0 Å². The Hall–Kier alpha value is -4.16. The second-order valence-corrected chi connectivity index (χ2v) is 7.60. The second kappa shape index (κ2) is 7.93. The van der Waals surface area contributed by atoms with Gasteiger partial charge in [0.2, 0.25) is 0 Å². The molecule has 31 heavy (non-hydrogen) atoms. The van der Waals surface area contributed by atoms with Crippen LogP contribution in [0.25, 0.3) is 10.1 Å². The van der Waals surface area contributed by atoms with Gasteiger partial charge in [0, 0.05) is 22.7 Å². The molecule has 1 aliphatic rings. The fourth-order valence-corrected chi connectivity index (χ4v) is 3.94. The van der Waals surface area contributed by atoms with Crippen molar-refractivity contribution in [1.29, 1.82) is 5.26 Å². The second-order valence-electron chi connectivity index (χ2n) is 6.80. The van der Waals surface area contributed by atoms with Gasteiger partial charge < -0.3 is 0 Å². The molecule has 0 aliphatic carbocycles. The van der Waals surface area contributed by atoms with Crippen molar-refractivity contribution in [3.63, 3.8) is 0 Å². The van der Waals surface area contributed by atoms with E-state index in [0.29, 0.717) is 10.7 Å². The molecule has 8 nitrogen and oxygen atoms in total. The Bertz CT molecular complexity index is 1350. The number of hydrogen-bond acceptors (Lipinski definition) is 7. The molecule has 0 radical (unpaired) electrons. The minimum Gasteiger partial charge on any atom is -0.267 e. The lowest BCUT2D eigenvalue weighted by Gasteiger charge is -2.26. The molecule has 0 saturated carbocycles. The van der Waals surface area contributed by atoms with Gasteiger partial charge in [-0.2, -0.15) is 14.6 Å². The van der Waals surface area contributed by atoms with Crippen molar-refractivity contribution in [2.45, 2.75) is 13.8 Å². The molecule has 3 amide bonds. The lowest BCUT2D eigenvalue weighted by molar-refractivity contribution is -0.141. The van der Waals surface area contributed by atoms with E-state index in [9.17, 15) is 19.6 Å². The van der Waals surface area contributed by atoms with Crippen LogP contribution in [-0.4, -0.2) is 32.8 Å². The smallest absolute Gasteiger partial charge is 0.267 e. The minimum absolute atomic E-state index is 0.0944. The number of carbonyl (C=O) groups is 3. The number of carbonyl (C=O) groups excluding carboxylic acids is 3. The van der Waals surface area contributed by atoms with Gasteiger partial charge in [0.15, 0.2) is 0 Å². The zero-order chi connectivity index (χ0) is 22.1. The lowest BCUT2D eigenvalue weighted by atomic mass is 9.99. The Morgan fingerprint density at radius 1 is 1.13 bits per heavy atom. The van der Waals surface area contributed by atoms with Crippen LogP contribution < -0.4 is 5.43 Å². The average molecular weight is 429 g/mol. The van der Waals surface area contributed by atoms with Gasteiger partial charge in [-0.3, -0.25) is 19.8 Å². The van der Waals surface area contributed by atoms with Gasteiger partial charge in [-0.1, -0.05) is 24.3 Å². The molecule has 9 heteroatoms. The molecular formula is C22H15N5O3S. The number of benzene rings is 2. The van der Waals surface area contributed by atoms with Gasteiger partial charge in [-0.15, -0.1) is 0 Å². The maximum absolute atomic E-state index is 13.1. The number of hydrazine groups is 1. The largest absolute Gasteiger partial charge is 0.298 e. The molecule has 0 bridgehead atoms. The molecule has 0 fully saturated rings. The number of nitriles is 1. The van der Waals surface area contributed by atoms with Crippen LogP contribution >= 0.6 is 11.5 Å². The first-order valence-electron chi connectivity index (χ1n) is 9.21. The first kappa shape index (κ1) is 20.1. The summed E-state index contributed by atoms with van der Waals surface area (Å²) in [7, 11) is 0. The third kappa shape index (κ3) is 3.49. The van der Waals surface area contributed by atoms with Crippen molar-refractivity contribution in [3.05, 3.63) is 70.9 Å². The molecule has 0 spiro atoms. The van der Waals surface area contributed by atoms with Crippen LogP contribution in [0.4, 0.5) is 5.69 Å². The SMILES string of the molecule is CC1=C(C#N)C(=O)N(NC(=O)c2ccccc2)C(=O)C1=Nc1ccc(C)c2cnsc12. The summed E-state index contributed by atoms with van der Waals surface area (Å²) in [5.41, 5.74) is 3.86. The normalized spacial score (nSPS) is 15.5. The lowest BCUT2D eigenvalue weighted by Crippen LogP contribution is -2.55. The summed E-state index contributed by atoms with van der Waals surface area (Å²) < 4.78 is 4.97. The van der Waals surface area contributed by atoms with E-state index in [4.69, 9.17) is 0 Å². The predicted molar refractivity (Wildman–Crippen MR) is 116 cm³/mol. The van der Waals surface area contributed by atoms with E-state index in [1.807, 2.05) is 19.1 Å². The van der Waals surface area contributed by atoms with Gasteiger partial charge in [-0.25, -0.2) is 4.99 Å². The molecule has 0 saturated heterocycles. The number of nitrogens with one attached hydrogen (secondary N) is 1. The number of rotatable bonds is 3. The number of aromatic nitrogens is 1. The first-order chi connectivity index (χ1) is 14.9. The molecular weight excluding hydrogens is 414 g/mol. The van der Waals surface area contributed by atoms with Crippen molar-refractivity contribution < 1.29 is 14.4 Å². The number of aryl methyl sites for hydroxylation is 1. The van der Waals surface area contributed by atoms with Crippen molar-refractivity contribution in [1.82, 2.24) is 14.8 Å². The monoisotopic (exact) mass is 429 g/mol. The molecule has 4 rings (SSSR count). The van der Waals surface area contributed by atoms with Crippen LogP contribution in [0.15, 0.2) is 64.8 Å². The van der Waals surface area contributed by atoms with Crippen molar-refractivity contribution in [2.24, 2.45) is 4.99 Å². The molecule has 0 unspecified atom stereocenters. The summed E-state index contributed by atoms with van der Waals surface area (Å²) in [4.78, 5) is 42.8. The maximum Gasteiger partial charge on any atom is 0.298 e. The van der Waals surface area contributed by atoms with E-state index in [1.54, 1.807) is 42.6 Å². The van der Waals surface area contributed by atoms with Crippen LogP contribution in [0, 0.1) is 18.3 Å². The molecule has 0 atom stereocenters. The van der Waals surface area contributed by atoms with Crippen LogP contribution in [0.2, 0.25) is 0 Å². The van der Waals surface area contributed by atoms with Crippen molar-refractivity contribution in [3.8, 4) is 6.07 Å². The van der Waals surface area contributed by atoms with Crippen LogP contribution in [0.5, 0.6) is 0 Å². The number of nitrogens with zero attached hydrogens (tertiary/aromatic N) is 4. The highest BCUT2D eigenvalue weighted by Gasteiger charge is 2.38. The summed E-state index contributed by atoms with van der Waals surface area (Å²) in [5.74, 6) is -2.37. The summed E-state index contributed by atoms with van der Waals surface area (Å²) in [6.07, 6.45) is 1.72. The van der Waals surface area contributed by atoms with Crippen LogP contribution in [0.1, 0.15) is 22.8 Å². The first-order valence-corrected chi connectivity index (χ1v) is 9.98. The van der Waals surface area contributed by atoms with E-state index in [-0.39, 0.29) is 22.4 Å². The van der Waals surface area contributed by atoms with Gasteiger partial charge in [0.05, 0.1) is 10.4 Å². The summed E-state index contributed by atoms with van der Waals surface area (Å²) in [5, 5.41) is 10.9. The Balaban J connectivity index is 1.79. The van der Waals surface area contributed by atoms with E-state index >= 15 is 0 Å². The molecule has 1 aliphatic heterocycles. The van der Waals surface area contributed by atoms with E-state index in [0.717, 1.165) is 15.6 Å². The summed E-state index contributed by atoms with van der Waals surface area (Å²) in [6.45, 7) is 3.43. The Labute approximate surface area is 181 Å². The Morgan fingerprint density at radius 2 is 1.87 bits per heavy atom. The number of imide groups is 1. The quantitative estimate of drug-likeness (QED) is 0.642. The molecule has 152 valence electrons. The highest BCUT2D eigenvalue weighted by molar-refractivity contribution is 7.14. The third-order valence-corrected chi connectivity index (χ3v) is 5.69. The molecule has 1 aromatic heterocycles. The fourth-order valence-electron chi connectivity index (χ4n) is 3.15. The Kier molecular flexibility index (Phi) is 5.15. The Morgan fingerprint density at radius 3 is 2.58 bits per heavy atom. The molecule has 2 heterocycles. The average Bonchev–Trinajstić information content (AvgIpc) is 3.28. The number of amides is 3. The van der Waals surface area contributed by atoms with Gasteiger partial charge in [0.1, 0.15) is 17.4 Å². The topological polar surface area (TPSA) is 116 Å².